The van der Waals surface area contributed by atoms with E-state index in [1.807, 2.05) is 13.2 Å². The Morgan fingerprint density at radius 2 is 2.44 bits per heavy atom. The number of thioether (sulfide) groups is 1. The molecule has 4 N–H and O–H groups in total. The fourth-order valence-corrected chi connectivity index (χ4v) is 2.26. The maximum atomic E-state index is 10.3. The topological polar surface area (TPSA) is 93.3 Å². The number of aromatic nitrogens is 2. The summed E-state index contributed by atoms with van der Waals surface area (Å²) in [6.07, 6.45) is 2.33. The van der Waals surface area contributed by atoms with Gasteiger partial charge >= 0.3 is 0 Å². The van der Waals surface area contributed by atoms with Crippen LogP contribution in [0.3, 0.4) is 0 Å². The van der Waals surface area contributed by atoms with Gasteiger partial charge in [0.05, 0.1) is 6.10 Å². The molecule has 0 radical (unpaired) electrons. The summed E-state index contributed by atoms with van der Waals surface area (Å²) in [6, 6.07) is 1.66. The summed E-state index contributed by atoms with van der Waals surface area (Å²) in [5, 5.41) is 14.1. The Morgan fingerprint density at radius 1 is 1.67 bits per heavy atom. The maximum Gasteiger partial charge on any atom is 0.191 e. The zero-order valence-electron chi connectivity index (χ0n) is 10.5. The molecular formula is C11H18N4O2S. The van der Waals surface area contributed by atoms with Crippen molar-refractivity contribution >= 4 is 23.4 Å². The minimum absolute atomic E-state index is 0.177. The minimum Gasteiger partial charge on any atom is -0.385 e. The molecule has 0 aliphatic carbocycles. The van der Waals surface area contributed by atoms with E-state index < -0.39 is 5.60 Å². The summed E-state index contributed by atoms with van der Waals surface area (Å²) in [4.78, 5) is 8.34. The number of hydrogen-bond donors (Lipinski definition) is 3. The van der Waals surface area contributed by atoms with Crippen LogP contribution in [0, 0.1) is 0 Å². The number of anilines is 2. The first-order valence-electron chi connectivity index (χ1n) is 5.80. The number of ether oxygens (including phenoxy) is 1. The second-order valence-electron chi connectivity index (χ2n) is 4.38. The lowest BCUT2D eigenvalue weighted by molar-refractivity contribution is -0.0176. The molecule has 2 rings (SSSR count). The standard InChI is InChI=1S/C11H18N4O2S/c1-7-11(16,3-4-17-7)6-13-9-5-8(12)14-10(15-9)18-2/h5,7,16H,3-4,6H2,1-2H3,(H3,12,13,14,15). The van der Waals surface area contributed by atoms with Crippen molar-refractivity contribution in [2.75, 3.05) is 30.5 Å². The highest BCUT2D eigenvalue weighted by Crippen LogP contribution is 2.26. The average Bonchev–Trinajstić information content (AvgIpc) is 2.67. The van der Waals surface area contributed by atoms with Crippen LogP contribution in [0.1, 0.15) is 13.3 Å². The number of nitrogens with one attached hydrogen (secondary N) is 1. The monoisotopic (exact) mass is 270 g/mol. The first-order chi connectivity index (χ1) is 8.53. The second-order valence-corrected chi connectivity index (χ2v) is 5.16. The van der Waals surface area contributed by atoms with E-state index in [9.17, 15) is 5.11 Å². The van der Waals surface area contributed by atoms with Crippen LogP contribution in [-0.2, 0) is 4.74 Å². The van der Waals surface area contributed by atoms with Gasteiger partial charge in [0.1, 0.15) is 17.2 Å². The number of nitrogens with zero attached hydrogens (tertiary/aromatic N) is 2. The SMILES string of the molecule is CSc1nc(N)cc(NCC2(O)CCOC2C)n1. The third kappa shape index (κ3) is 2.85. The van der Waals surface area contributed by atoms with Crippen molar-refractivity contribution in [3.8, 4) is 0 Å². The molecule has 0 saturated carbocycles. The van der Waals surface area contributed by atoms with Crippen molar-refractivity contribution in [1.82, 2.24) is 9.97 Å². The van der Waals surface area contributed by atoms with Crippen molar-refractivity contribution in [1.29, 1.82) is 0 Å². The maximum absolute atomic E-state index is 10.3. The van der Waals surface area contributed by atoms with Crippen LogP contribution in [0.5, 0.6) is 0 Å². The van der Waals surface area contributed by atoms with Crippen LogP contribution < -0.4 is 11.1 Å². The molecule has 1 fully saturated rings. The Kier molecular flexibility index (Phi) is 3.94. The highest BCUT2D eigenvalue weighted by atomic mass is 32.2. The molecule has 0 amide bonds. The van der Waals surface area contributed by atoms with E-state index in [4.69, 9.17) is 10.5 Å². The van der Waals surface area contributed by atoms with Gasteiger partial charge in [0.2, 0.25) is 0 Å². The molecule has 1 aromatic rings. The first kappa shape index (κ1) is 13.4. The van der Waals surface area contributed by atoms with E-state index >= 15 is 0 Å². The van der Waals surface area contributed by atoms with E-state index in [0.29, 0.717) is 36.4 Å². The number of aliphatic hydroxyl groups is 1. The summed E-state index contributed by atoms with van der Waals surface area (Å²) in [5.74, 6) is 1.04. The number of hydrogen-bond acceptors (Lipinski definition) is 7. The molecule has 0 aromatic carbocycles. The molecule has 1 aromatic heterocycles. The van der Waals surface area contributed by atoms with Gasteiger partial charge in [0, 0.05) is 25.6 Å². The molecule has 1 aliphatic rings. The summed E-state index contributed by atoms with van der Waals surface area (Å²) in [5.41, 5.74) is 4.84. The van der Waals surface area contributed by atoms with Gasteiger partial charge in [-0.2, -0.15) is 0 Å². The third-order valence-electron chi connectivity index (χ3n) is 3.14. The van der Waals surface area contributed by atoms with Crippen LogP contribution in [0.25, 0.3) is 0 Å². The Hall–Kier alpha value is -1.05. The molecule has 2 heterocycles. The second kappa shape index (κ2) is 5.29. The fourth-order valence-electron chi connectivity index (χ4n) is 1.87. The largest absolute Gasteiger partial charge is 0.385 e. The predicted octanol–water partition coefficient (Wildman–Crippen LogP) is 0.732. The van der Waals surface area contributed by atoms with Gasteiger partial charge in [-0.05, 0) is 13.2 Å². The smallest absolute Gasteiger partial charge is 0.191 e. The predicted molar refractivity (Wildman–Crippen MR) is 71.7 cm³/mol. The van der Waals surface area contributed by atoms with Crippen LogP contribution >= 0.6 is 11.8 Å². The van der Waals surface area contributed by atoms with Crippen LogP contribution in [-0.4, -0.2) is 46.2 Å². The normalized spacial score (nSPS) is 27.4. The average molecular weight is 270 g/mol. The van der Waals surface area contributed by atoms with Gasteiger partial charge in [0.15, 0.2) is 5.16 Å². The molecule has 2 atom stereocenters. The molecule has 0 spiro atoms. The van der Waals surface area contributed by atoms with Gasteiger partial charge in [-0.3, -0.25) is 0 Å². The number of rotatable bonds is 4. The van der Waals surface area contributed by atoms with Crippen molar-refractivity contribution in [2.24, 2.45) is 0 Å². The molecule has 0 bridgehead atoms. The van der Waals surface area contributed by atoms with Gasteiger partial charge < -0.3 is 20.9 Å². The Bertz CT molecular complexity index is 432. The Morgan fingerprint density at radius 3 is 3.06 bits per heavy atom. The highest BCUT2D eigenvalue weighted by Gasteiger charge is 2.39. The number of nitrogens with two attached hydrogens (primary N) is 1. The number of nitrogen functional groups attached to an aromatic ring is 1. The lowest BCUT2D eigenvalue weighted by Crippen LogP contribution is -2.43. The lowest BCUT2D eigenvalue weighted by atomic mass is 9.97. The van der Waals surface area contributed by atoms with E-state index in [2.05, 4.69) is 15.3 Å². The van der Waals surface area contributed by atoms with Crippen molar-refractivity contribution in [3.05, 3.63) is 6.07 Å². The van der Waals surface area contributed by atoms with Gasteiger partial charge in [-0.1, -0.05) is 11.8 Å². The van der Waals surface area contributed by atoms with Crippen molar-refractivity contribution in [2.45, 2.75) is 30.2 Å². The van der Waals surface area contributed by atoms with Crippen molar-refractivity contribution in [3.63, 3.8) is 0 Å². The lowest BCUT2D eigenvalue weighted by Gasteiger charge is -2.26. The van der Waals surface area contributed by atoms with E-state index in [1.165, 1.54) is 11.8 Å². The first-order valence-corrected chi connectivity index (χ1v) is 7.02. The van der Waals surface area contributed by atoms with Gasteiger partial charge in [-0.15, -0.1) is 0 Å². The quantitative estimate of drug-likeness (QED) is 0.548. The molecule has 18 heavy (non-hydrogen) atoms. The van der Waals surface area contributed by atoms with Gasteiger partial charge in [0.25, 0.3) is 0 Å². The zero-order chi connectivity index (χ0) is 13.2. The molecule has 6 nitrogen and oxygen atoms in total. The summed E-state index contributed by atoms with van der Waals surface area (Å²) in [7, 11) is 0. The van der Waals surface area contributed by atoms with Crippen molar-refractivity contribution < 1.29 is 9.84 Å². The molecule has 100 valence electrons. The highest BCUT2D eigenvalue weighted by molar-refractivity contribution is 7.98. The van der Waals surface area contributed by atoms with Gasteiger partial charge in [-0.25, -0.2) is 9.97 Å². The Balaban J connectivity index is 2.04. The molecular weight excluding hydrogens is 252 g/mol. The third-order valence-corrected chi connectivity index (χ3v) is 3.69. The van der Waals surface area contributed by atoms with E-state index in [-0.39, 0.29) is 6.10 Å². The molecule has 7 heteroatoms. The van der Waals surface area contributed by atoms with Crippen LogP contribution in [0.4, 0.5) is 11.6 Å². The molecule has 1 aliphatic heterocycles. The summed E-state index contributed by atoms with van der Waals surface area (Å²) < 4.78 is 5.37. The Labute approximate surface area is 110 Å². The molecule has 2 unspecified atom stereocenters. The van der Waals surface area contributed by atoms with Crippen LogP contribution in [0.2, 0.25) is 0 Å². The van der Waals surface area contributed by atoms with E-state index in [0.717, 1.165) is 0 Å². The van der Waals surface area contributed by atoms with E-state index in [1.54, 1.807) is 6.07 Å². The minimum atomic E-state index is -0.848. The van der Waals surface area contributed by atoms with Crippen LogP contribution in [0.15, 0.2) is 11.2 Å². The summed E-state index contributed by atoms with van der Waals surface area (Å²) in [6.45, 7) is 2.84. The fraction of sp³-hybridized carbons (Fsp3) is 0.636. The zero-order valence-corrected chi connectivity index (χ0v) is 11.3. The molecule has 1 saturated heterocycles. The summed E-state index contributed by atoms with van der Waals surface area (Å²) >= 11 is 1.43.